The van der Waals surface area contributed by atoms with Crippen molar-refractivity contribution in [2.24, 2.45) is 17.6 Å². The number of rotatable bonds is 8. The van der Waals surface area contributed by atoms with Crippen molar-refractivity contribution in [1.29, 1.82) is 0 Å². The van der Waals surface area contributed by atoms with Crippen LogP contribution in [-0.4, -0.2) is 55.3 Å². The lowest BCUT2D eigenvalue weighted by atomic mass is 9.76. The summed E-state index contributed by atoms with van der Waals surface area (Å²) in [6.07, 6.45) is 0.690. The molecule has 36 heavy (non-hydrogen) atoms. The van der Waals surface area contributed by atoms with E-state index in [1.807, 2.05) is 12.1 Å². The number of methoxy groups -OCH3 is 2. The molecular formula is C26H28N4O6. The van der Waals surface area contributed by atoms with Crippen molar-refractivity contribution in [3.8, 4) is 11.5 Å². The van der Waals surface area contributed by atoms with Gasteiger partial charge in [0.25, 0.3) is 0 Å². The Hall–Kier alpha value is -3.92. The second-order valence-electron chi connectivity index (χ2n) is 9.33. The number of carbonyl (C=O) groups is 4. The summed E-state index contributed by atoms with van der Waals surface area (Å²) in [6, 6.07) is 12.0. The van der Waals surface area contributed by atoms with Gasteiger partial charge in [-0.25, -0.2) is 0 Å². The van der Waals surface area contributed by atoms with Crippen LogP contribution < -0.4 is 25.8 Å². The van der Waals surface area contributed by atoms with Crippen LogP contribution in [0.1, 0.15) is 24.0 Å². The first-order valence-corrected chi connectivity index (χ1v) is 11.8. The van der Waals surface area contributed by atoms with E-state index >= 15 is 0 Å². The minimum atomic E-state index is -1.38. The van der Waals surface area contributed by atoms with Gasteiger partial charge >= 0.3 is 0 Å². The summed E-state index contributed by atoms with van der Waals surface area (Å²) in [5, 5.41) is 6.15. The third kappa shape index (κ3) is 3.51. The first-order chi connectivity index (χ1) is 17.3. The van der Waals surface area contributed by atoms with E-state index < -0.39 is 35.2 Å². The number of para-hydroxylation sites is 1. The second kappa shape index (κ2) is 8.94. The van der Waals surface area contributed by atoms with Gasteiger partial charge in [0.15, 0.2) is 11.5 Å². The minimum Gasteiger partial charge on any atom is -0.493 e. The van der Waals surface area contributed by atoms with Crippen LogP contribution in [0.5, 0.6) is 11.5 Å². The molecule has 3 aliphatic heterocycles. The Morgan fingerprint density at radius 3 is 2.53 bits per heavy atom. The zero-order valence-corrected chi connectivity index (χ0v) is 20.1. The number of benzene rings is 2. The number of anilines is 1. The number of hydrogen-bond donors (Lipinski definition) is 3. The quantitative estimate of drug-likeness (QED) is 0.466. The van der Waals surface area contributed by atoms with Crippen LogP contribution in [0.4, 0.5) is 5.69 Å². The average molecular weight is 493 g/mol. The fourth-order valence-electron chi connectivity index (χ4n) is 5.86. The molecule has 4 atom stereocenters. The van der Waals surface area contributed by atoms with Crippen molar-refractivity contribution in [3.63, 3.8) is 0 Å². The smallest absolute Gasteiger partial charge is 0.250 e. The predicted molar refractivity (Wildman–Crippen MR) is 129 cm³/mol. The molecule has 0 radical (unpaired) electrons. The maximum atomic E-state index is 13.8. The van der Waals surface area contributed by atoms with Gasteiger partial charge in [0, 0.05) is 30.3 Å². The van der Waals surface area contributed by atoms with Crippen LogP contribution in [0.2, 0.25) is 0 Å². The molecule has 2 saturated heterocycles. The Morgan fingerprint density at radius 2 is 1.81 bits per heavy atom. The molecule has 4 amide bonds. The van der Waals surface area contributed by atoms with Crippen molar-refractivity contribution < 1.29 is 28.7 Å². The topological polar surface area (TPSA) is 140 Å². The van der Waals surface area contributed by atoms with E-state index in [2.05, 4.69) is 10.6 Å². The average Bonchev–Trinajstić information content (AvgIpc) is 3.45. The number of nitrogens with zero attached hydrogens (tertiary/aromatic N) is 1. The molecule has 10 nitrogen and oxygen atoms in total. The highest BCUT2D eigenvalue weighted by molar-refractivity contribution is 6.15. The van der Waals surface area contributed by atoms with Gasteiger partial charge in [0.1, 0.15) is 5.54 Å². The van der Waals surface area contributed by atoms with Crippen LogP contribution in [0.3, 0.4) is 0 Å². The Labute approximate surface area is 208 Å². The molecule has 0 aromatic heterocycles. The maximum Gasteiger partial charge on any atom is 0.250 e. The molecule has 188 valence electrons. The van der Waals surface area contributed by atoms with Crippen molar-refractivity contribution in [2.45, 2.75) is 30.8 Å². The molecule has 0 bridgehead atoms. The summed E-state index contributed by atoms with van der Waals surface area (Å²) >= 11 is 0. The van der Waals surface area contributed by atoms with Gasteiger partial charge in [-0.05, 0) is 36.6 Å². The number of ether oxygens (including phenoxy) is 2. The van der Waals surface area contributed by atoms with Crippen LogP contribution in [-0.2, 0) is 31.1 Å². The van der Waals surface area contributed by atoms with Crippen molar-refractivity contribution in [2.75, 3.05) is 26.1 Å². The summed E-state index contributed by atoms with van der Waals surface area (Å²) in [6.45, 7) is 0.155. The number of fused-ring (bicyclic) bond motifs is 4. The van der Waals surface area contributed by atoms with E-state index in [1.54, 1.807) is 44.6 Å². The van der Waals surface area contributed by atoms with E-state index in [9.17, 15) is 19.2 Å². The van der Waals surface area contributed by atoms with E-state index in [4.69, 9.17) is 15.2 Å². The van der Waals surface area contributed by atoms with Crippen molar-refractivity contribution in [1.82, 2.24) is 10.2 Å². The normalized spacial score (nSPS) is 26.2. The molecule has 0 aliphatic carbocycles. The summed E-state index contributed by atoms with van der Waals surface area (Å²) in [7, 11) is 3.09. The van der Waals surface area contributed by atoms with Gasteiger partial charge in [0.2, 0.25) is 23.6 Å². The maximum absolute atomic E-state index is 13.8. The number of imide groups is 1. The molecule has 4 N–H and O–H groups in total. The summed E-state index contributed by atoms with van der Waals surface area (Å²) < 4.78 is 10.6. The highest BCUT2D eigenvalue weighted by atomic mass is 16.5. The first kappa shape index (κ1) is 23.8. The highest BCUT2D eigenvalue weighted by Crippen LogP contribution is 2.53. The molecular weight excluding hydrogens is 464 g/mol. The number of carbonyl (C=O) groups excluding carboxylic acids is 4. The Balaban J connectivity index is 1.46. The number of nitrogens with two attached hydrogens (primary N) is 1. The van der Waals surface area contributed by atoms with E-state index in [-0.39, 0.29) is 31.2 Å². The molecule has 3 heterocycles. The number of amides is 4. The second-order valence-corrected chi connectivity index (χ2v) is 9.33. The van der Waals surface area contributed by atoms with Crippen LogP contribution in [0.25, 0.3) is 0 Å². The fraction of sp³-hybridized carbons (Fsp3) is 0.385. The number of likely N-dealkylation sites (tertiary alicyclic amines) is 1. The van der Waals surface area contributed by atoms with E-state index in [0.29, 0.717) is 29.2 Å². The van der Waals surface area contributed by atoms with Gasteiger partial charge in [0.05, 0.1) is 26.1 Å². The molecule has 3 aliphatic rings. The summed E-state index contributed by atoms with van der Waals surface area (Å²) in [4.78, 5) is 53.6. The standard InChI is InChI=1S/C26H28N4O6/c1-35-18-9-7-14(13-19(18)36-2)11-12-30-23(32)21-17(8-10-20(27)31)29-26(22(21)24(30)33)15-5-3-4-6-16(15)28-25(26)34/h3-7,9,13,17,21-22,29H,8,10-12H2,1-2H3,(H2,27,31)(H,28,34). The zero-order valence-electron chi connectivity index (χ0n) is 20.1. The highest BCUT2D eigenvalue weighted by Gasteiger charge is 2.70. The van der Waals surface area contributed by atoms with Gasteiger partial charge in [-0.3, -0.25) is 29.4 Å². The fourth-order valence-corrected chi connectivity index (χ4v) is 5.86. The number of nitrogens with one attached hydrogen (secondary N) is 2. The monoisotopic (exact) mass is 492 g/mol. The predicted octanol–water partition coefficient (Wildman–Crippen LogP) is 0.932. The van der Waals surface area contributed by atoms with Crippen LogP contribution in [0, 0.1) is 11.8 Å². The van der Waals surface area contributed by atoms with E-state index in [0.717, 1.165) is 5.56 Å². The summed E-state index contributed by atoms with van der Waals surface area (Å²) in [5.74, 6) is -2.18. The lowest BCUT2D eigenvalue weighted by Gasteiger charge is -2.29. The molecule has 4 unspecified atom stereocenters. The molecule has 2 fully saturated rings. The van der Waals surface area contributed by atoms with Gasteiger partial charge < -0.3 is 20.5 Å². The molecule has 0 saturated carbocycles. The molecule has 2 aromatic rings. The van der Waals surface area contributed by atoms with E-state index in [1.165, 1.54) is 4.90 Å². The van der Waals surface area contributed by atoms with Gasteiger partial charge in [-0.1, -0.05) is 24.3 Å². The lowest BCUT2D eigenvalue weighted by molar-refractivity contribution is -0.142. The van der Waals surface area contributed by atoms with Crippen LogP contribution >= 0.6 is 0 Å². The molecule has 10 heteroatoms. The molecule has 1 spiro atoms. The third-order valence-corrected chi connectivity index (χ3v) is 7.49. The van der Waals surface area contributed by atoms with Crippen LogP contribution in [0.15, 0.2) is 42.5 Å². The van der Waals surface area contributed by atoms with Crippen molar-refractivity contribution >= 4 is 29.3 Å². The third-order valence-electron chi connectivity index (χ3n) is 7.49. The zero-order chi connectivity index (χ0) is 25.6. The van der Waals surface area contributed by atoms with Gasteiger partial charge in [-0.2, -0.15) is 0 Å². The Kier molecular flexibility index (Phi) is 5.91. The SMILES string of the molecule is COc1ccc(CCN2C(=O)C3C(CCC(N)=O)NC4(C(=O)Nc5ccccc54)C3C2=O)cc1OC. The van der Waals surface area contributed by atoms with Crippen molar-refractivity contribution in [3.05, 3.63) is 53.6 Å². The molecule has 2 aromatic carbocycles. The largest absolute Gasteiger partial charge is 0.493 e. The minimum absolute atomic E-state index is 0.0351. The number of primary amides is 1. The Morgan fingerprint density at radius 1 is 1.06 bits per heavy atom. The summed E-state index contributed by atoms with van der Waals surface area (Å²) in [5.41, 5.74) is 6.10. The molecule has 5 rings (SSSR count). The number of hydrogen-bond acceptors (Lipinski definition) is 7. The Bertz CT molecular complexity index is 1260. The first-order valence-electron chi connectivity index (χ1n) is 11.8. The lowest BCUT2D eigenvalue weighted by Crippen LogP contribution is -2.53. The van der Waals surface area contributed by atoms with Gasteiger partial charge in [-0.15, -0.1) is 0 Å².